The van der Waals surface area contributed by atoms with Crippen molar-refractivity contribution in [3.05, 3.63) is 89.5 Å². The maximum absolute atomic E-state index is 13.1. The second-order valence-electron chi connectivity index (χ2n) is 6.57. The summed E-state index contributed by atoms with van der Waals surface area (Å²) in [6, 6.07) is 17.8. The van der Waals surface area contributed by atoms with Gasteiger partial charge in [-0.05, 0) is 48.9 Å². The zero-order valence-corrected chi connectivity index (χ0v) is 14.5. The Labute approximate surface area is 151 Å². The van der Waals surface area contributed by atoms with Crippen molar-refractivity contribution in [1.82, 2.24) is 9.47 Å². The van der Waals surface area contributed by atoms with Crippen molar-refractivity contribution in [2.24, 2.45) is 0 Å². The van der Waals surface area contributed by atoms with Crippen LogP contribution in [-0.4, -0.2) is 22.0 Å². The molecule has 132 valence electrons. The predicted octanol–water partition coefficient (Wildman–Crippen LogP) is 4.57. The summed E-state index contributed by atoms with van der Waals surface area (Å²) in [4.78, 5) is 14.8. The maximum atomic E-state index is 13.1. The number of fused-ring (bicyclic) bond motifs is 1. The Hall–Kier alpha value is -3.08. The van der Waals surface area contributed by atoms with E-state index < -0.39 is 0 Å². The number of nitrogens with zero attached hydrogens (tertiary/aromatic N) is 2. The molecule has 2 heterocycles. The van der Waals surface area contributed by atoms with E-state index in [1.165, 1.54) is 17.7 Å². The van der Waals surface area contributed by atoms with Crippen LogP contribution >= 0.6 is 0 Å². The fourth-order valence-electron chi connectivity index (χ4n) is 3.43. The minimum atomic E-state index is -0.323. The standard InChI is InChI=1S/C21H20FN3O/c1-15-4-6-16(7-5-15)20-19-3-2-12-24(19)13-14-25(20)21(26)23-18-10-8-17(22)9-11-18/h2-12,20H,13-14H2,1H3,(H,23,26). The molecule has 1 aliphatic heterocycles. The Morgan fingerprint density at radius 3 is 2.50 bits per heavy atom. The van der Waals surface area contributed by atoms with Crippen LogP contribution in [0.1, 0.15) is 22.9 Å². The molecule has 0 saturated carbocycles. The molecule has 1 unspecified atom stereocenters. The topological polar surface area (TPSA) is 37.3 Å². The number of benzene rings is 2. The first-order valence-electron chi connectivity index (χ1n) is 8.66. The SMILES string of the molecule is Cc1ccc(C2c3cccn3CCN2C(=O)Nc2ccc(F)cc2)cc1. The van der Waals surface area contributed by atoms with Crippen molar-refractivity contribution < 1.29 is 9.18 Å². The van der Waals surface area contributed by atoms with Crippen LogP contribution in [0, 0.1) is 12.7 Å². The number of rotatable bonds is 2. The van der Waals surface area contributed by atoms with E-state index in [9.17, 15) is 9.18 Å². The minimum Gasteiger partial charge on any atom is -0.348 e. The molecule has 0 fully saturated rings. The molecule has 26 heavy (non-hydrogen) atoms. The van der Waals surface area contributed by atoms with Crippen LogP contribution in [-0.2, 0) is 6.54 Å². The highest BCUT2D eigenvalue weighted by Gasteiger charge is 2.32. The van der Waals surface area contributed by atoms with Gasteiger partial charge in [0.1, 0.15) is 5.82 Å². The average Bonchev–Trinajstić information content (AvgIpc) is 3.12. The third-order valence-electron chi connectivity index (χ3n) is 4.79. The summed E-state index contributed by atoms with van der Waals surface area (Å²) in [5, 5.41) is 2.88. The summed E-state index contributed by atoms with van der Waals surface area (Å²) in [5.74, 6) is -0.323. The van der Waals surface area contributed by atoms with Crippen LogP contribution in [0.15, 0.2) is 66.9 Å². The monoisotopic (exact) mass is 349 g/mol. The lowest BCUT2D eigenvalue weighted by molar-refractivity contribution is 0.182. The molecule has 5 heteroatoms. The van der Waals surface area contributed by atoms with Gasteiger partial charge in [0.15, 0.2) is 0 Å². The van der Waals surface area contributed by atoms with Crippen LogP contribution in [0.5, 0.6) is 0 Å². The van der Waals surface area contributed by atoms with E-state index in [1.807, 2.05) is 24.1 Å². The summed E-state index contributed by atoms with van der Waals surface area (Å²) in [6.45, 7) is 3.40. The first kappa shape index (κ1) is 16.4. The summed E-state index contributed by atoms with van der Waals surface area (Å²) in [5.41, 5.74) is 3.93. The van der Waals surface area contributed by atoms with Gasteiger partial charge in [-0.2, -0.15) is 0 Å². The molecule has 2 aromatic carbocycles. The lowest BCUT2D eigenvalue weighted by Crippen LogP contribution is -2.44. The predicted molar refractivity (Wildman–Crippen MR) is 99.6 cm³/mol. The van der Waals surface area contributed by atoms with Crippen molar-refractivity contribution in [2.45, 2.75) is 19.5 Å². The lowest BCUT2D eigenvalue weighted by Gasteiger charge is -2.37. The van der Waals surface area contributed by atoms with Gasteiger partial charge in [-0.1, -0.05) is 29.8 Å². The van der Waals surface area contributed by atoms with Gasteiger partial charge in [0.2, 0.25) is 0 Å². The number of urea groups is 1. The number of aromatic nitrogens is 1. The van der Waals surface area contributed by atoms with Crippen LogP contribution in [0.4, 0.5) is 14.9 Å². The van der Waals surface area contributed by atoms with Gasteiger partial charge < -0.3 is 14.8 Å². The number of aryl methyl sites for hydroxylation is 1. The molecule has 4 nitrogen and oxygen atoms in total. The number of halogens is 1. The number of nitrogens with one attached hydrogen (secondary N) is 1. The first-order valence-corrected chi connectivity index (χ1v) is 8.66. The quantitative estimate of drug-likeness (QED) is 0.723. The number of amides is 2. The van der Waals surface area contributed by atoms with Crippen molar-refractivity contribution in [3.8, 4) is 0 Å². The summed E-state index contributed by atoms with van der Waals surface area (Å²) < 4.78 is 15.3. The van der Waals surface area contributed by atoms with E-state index in [2.05, 4.69) is 40.2 Å². The summed E-state index contributed by atoms with van der Waals surface area (Å²) in [6.07, 6.45) is 2.05. The third kappa shape index (κ3) is 3.08. The Bertz CT molecular complexity index is 915. The number of anilines is 1. The van der Waals surface area contributed by atoms with Gasteiger partial charge in [0, 0.05) is 30.7 Å². The highest BCUT2D eigenvalue weighted by molar-refractivity contribution is 5.90. The maximum Gasteiger partial charge on any atom is 0.322 e. The average molecular weight is 349 g/mol. The molecular weight excluding hydrogens is 329 g/mol. The fourth-order valence-corrected chi connectivity index (χ4v) is 3.43. The van der Waals surface area contributed by atoms with Crippen molar-refractivity contribution in [1.29, 1.82) is 0 Å². The molecule has 2 amide bonds. The Kier molecular flexibility index (Phi) is 4.21. The molecule has 3 aromatic rings. The minimum absolute atomic E-state index is 0.153. The number of hydrogen-bond donors (Lipinski definition) is 1. The normalized spacial score (nSPS) is 16.2. The lowest BCUT2D eigenvalue weighted by atomic mass is 9.99. The molecule has 1 aliphatic rings. The molecule has 4 rings (SSSR count). The van der Waals surface area contributed by atoms with E-state index in [1.54, 1.807) is 12.1 Å². The van der Waals surface area contributed by atoms with Gasteiger partial charge in [-0.25, -0.2) is 9.18 Å². The highest BCUT2D eigenvalue weighted by Crippen LogP contribution is 2.33. The molecule has 0 radical (unpaired) electrons. The molecule has 1 atom stereocenters. The van der Waals surface area contributed by atoms with E-state index in [4.69, 9.17) is 0 Å². The molecule has 1 N–H and O–H groups in total. The third-order valence-corrected chi connectivity index (χ3v) is 4.79. The van der Waals surface area contributed by atoms with Crippen molar-refractivity contribution in [2.75, 3.05) is 11.9 Å². The largest absolute Gasteiger partial charge is 0.348 e. The van der Waals surface area contributed by atoms with E-state index in [-0.39, 0.29) is 17.9 Å². The zero-order chi connectivity index (χ0) is 18.1. The van der Waals surface area contributed by atoms with E-state index in [0.717, 1.165) is 17.8 Å². The first-order chi connectivity index (χ1) is 12.6. The van der Waals surface area contributed by atoms with Gasteiger partial charge in [-0.3, -0.25) is 0 Å². The van der Waals surface area contributed by atoms with Crippen LogP contribution in [0.2, 0.25) is 0 Å². The fraction of sp³-hybridized carbons (Fsp3) is 0.190. The smallest absolute Gasteiger partial charge is 0.322 e. The van der Waals surface area contributed by atoms with Crippen molar-refractivity contribution >= 4 is 11.7 Å². The van der Waals surface area contributed by atoms with E-state index >= 15 is 0 Å². The number of carbonyl (C=O) groups excluding carboxylic acids is 1. The van der Waals surface area contributed by atoms with Crippen LogP contribution in [0.25, 0.3) is 0 Å². The summed E-state index contributed by atoms with van der Waals surface area (Å²) in [7, 11) is 0. The summed E-state index contributed by atoms with van der Waals surface area (Å²) >= 11 is 0. The number of carbonyl (C=O) groups is 1. The van der Waals surface area contributed by atoms with Gasteiger partial charge in [-0.15, -0.1) is 0 Å². The molecule has 0 saturated heterocycles. The second-order valence-corrected chi connectivity index (χ2v) is 6.57. The van der Waals surface area contributed by atoms with Gasteiger partial charge >= 0.3 is 6.03 Å². The molecule has 1 aromatic heterocycles. The molecular formula is C21H20FN3O. The molecule has 0 aliphatic carbocycles. The Balaban J connectivity index is 1.66. The highest BCUT2D eigenvalue weighted by atomic mass is 19.1. The Morgan fingerprint density at radius 1 is 1.04 bits per heavy atom. The van der Waals surface area contributed by atoms with E-state index in [0.29, 0.717) is 12.2 Å². The molecule has 0 spiro atoms. The number of hydrogen-bond acceptors (Lipinski definition) is 1. The van der Waals surface area contributed by atoms with Crippen LogP contribution in [0.3, 0.4) is 0 Å². The van der Waals surface area contributed by atoms with Gasteiger partial charge in [0.25, 0.3) is 0 Å². The van der Waals surface area contributed by atoms with Crippen LogP contribution < -0.4 is 5.32 Å². The van der Waals surface area contributed by atoms with Gasteiger partial charge in [0.05, 0.1) is 6.04 Å². The second kappa shape index (κ2) is 6.67. The Morgan fingerprint density at radius 2 is 1.77 bits per heavy atom. The van der Waals surface area contributed by atoms with Crippen molar-refractivity contribution in [3.63, 3.8) is 0 Å². The molecule has 0 bridgehead atoms. The zero-order valence-electron chi connectivity index (χ0n) is 14.5.